The van der Waals surface area contributed by atoms with Crippen LogP contribution >= 0.6 is 0 Å². The van der Waals surface area contributed by atoms with Crippen LogP contribution in [0.4, 0.5) is 0 Å². The number of aromatic nitrogens is 1. The van der Waals surface area contributed by atoms with Gasteiger partial charge in [-0.15, -0.1) is 0 Å². The van der Waals surface area contributed by atoms with Gasteiger partial charge in [0.05, 0.1) is 17.4 Å². The largest absolute Gasteiger partial charge is 0.381 e. The molecule has 0 spiro atoms. The van der Waals surface area contributed by atoms with Crippen LogP contribution in [0.2, 0.25) is 0 Å². The summed E-state index contributed by atoms with van der Waals surface area (Å²) < 4.78 is 2.59. The van der Waals surface area contributed by atoms with E-state index in [4.69, 9.17) is 0 Å². The molecule has 236 valence electrons. The van der Waals surface area contributed by atoms with Crippen molar-refractivity contribution in [1.82, 2.24) is 14.8 Å². The van der Waals surface area contributed by atoms with Crippen molar-refractivity contribution in [2.24, 2.45) is 11.8 Å². The van der Waals surface area contributed by atoms with Gasteiger partial charge in [0.15, 0.2) is 0 Å². The minimum atomic E-state index is 0.277. The van der Waals surface area contributed by atoms with Crippen LogP contribution in [0.5, 0.6) is 0 Å². The molecule has 2 aromatic rings. The van der Waals surface area contributed by atoms with E-state index in [-0.39, 0.29) is 6.04 Å². The van der Waals surface area contributed by atoms with Gasteiger partial charge in [-0.2, -0.15) is 0 Å². The van der Waals surface area contributed by atoms with Gasteiger partial charge < -0.3 is 14.8 Å². The molecule has 1 aromatic heterocycles. The van der Waals surface area contributed by atoms with Crippen LogP contribution in [0.15, 0.2) is 130 Å². The summed E-state index contributed by atoms with van der Waals surface area (Å²) in [6, 6.07) is 11.8. The summed E-state index contributed by atoms with van der Waals surface area (Å²) >= 11 is 0. The zero-order valence-corrected chi connectivity index (χ0v) is 27.8. The highest BCUT2D eigenvalue weighted by Crippen LogP contribution is 2.41. The molecule has 6 aliphatic carbocycles. The zero-order valence-electron chi connectivity index (χ0n) is 27.8. The van der Waals surface area contributed by atoms with E-state index in [9.17, 15) is 0 Å². The van der Waals surface area contributed by atoms with Gasteiger partial charge >= 0.3 is 0 Å². The Kier molecular flexibility index (Phi) is 7.10. The molecule has 3 heteroatoms. The molecule has 0 saturated heterocycles. The van der Waals surface area contributed by atoms with E-state index in [1.54, 1.807) is 5.57 Å². The Balaban J connectivity index is 1.15. The molecule has 9 rings (SSSR count). The van der Waals surface area contributed by atoms with Crippen LogP contribution in [0.1, 0.15) is 70.1 Å². The summed E-state index contributed by atoms with van der Waals surface area (Å²) in [7, 11) is 0. The normalized spacial score (nSPS) is 27.1. The third kappa shape index (κ3) is 5.03. The SMILES string of the molecule is CC1=CC=C(N(C2=CCC(C)C=C2)C2C=c3c(c4c(n3-c3ccccc3)CCC(C3=CC5=C(CC3)NC3C=CC=CC53)=C4)=CC2)CC1. The lowest BCUT2D eigenvalue weighted by atomic mass is 9.82. The first kappa shape index (κ1) is 28.7. The first-order valence-corrected chi connectivity index (χ1v) is 17.9. The second-order valence-corrected chi connectivity index (χ2v) is 14.5. The number of para-hydroxylation sites is 1. The van der Waals surface area contributed by atoms with Gasteiger partial charge in [-0.1, -0.05) is 85.4 Å². The maximum Gasteiger partial charge on any atom is 0.0577 e. The molecule has 7 aliphatic rings. The molecule has 4 atom stereocenters. The third-order valence-electron chi connectivity index (χ3n) is 11.4. The van der Waals surface area contributed by atoms with E-state index in [1.165, 1.54) is 61.3 Å². The summed E-state index contributed by atoms with van der Waals surface area (Å²) in [5.74, 6) is 1.07. The van der Waals surface area contributed by atoms with Gasteiger partial charge in [-0.05, 0) is 117 Å². The molecular weight excluding hydrogens is 571 g/mol. The van der Waals surface area contributed by atoms with Crippen molar-refractivity contribution in [1.29, 1.82) is 0 Å². The monoisotopic (exact) mass is 615 g/mol. The van der Waals surface area contributed by atoms with E-state index in [0.29, 0.717) is 17.9 Å². The average Bonchev–Trinajstić information content (AvgIpc) is 3.65. The Morgan fingerprint density at radius 3 is 2.51 bits per heavy atom. The van der Waals surface area contributed by atoms with Crippen LogP contribution in [-0.4, -0.2) is 21.6 Å². The highest BCUT2D eigenvalue weighted by atomic mass is 15.2. The Morgan fingerprint density at radius 2 is 1.68 bits per heavy atom. The minimum absolute atomic E-state index is 0.277. The molecule has 2 heterocycles. The number of hydrogen-bond donors (Lipinski definition) is 1. The van der Waals surface area contributed by atoms with Gasteiger partial charge in [-0.25, -0.2) is 0 Å². The highest BCUT2D eigenvalue weighted by Gasteiger charge is 2.34. The summed E-state index contributed by atoms with van der Waals surface area (Å²) in [4.78, 5) is 2.66. The Bertz CT molecular complexity index is 2050. The number of allylic oxidation sites excluding steroid dienone is 13. The lowest BCUT2D eigenvalue weighted by Crippen LogP contribution is -2.41. The molecule has 1 N–H and O–H groups in total. The topological polar surface area (TPSA) is 20.2 Å². The second-order valence-electron chi connectivity index (χ2n) is 14.5. The van der Waals surface area contributed by atoms with Crippen molar-refractivity contribution in [3.63, 3.8) is 0 Å². The number of hydrogen-bond acceptors (Lipinski definition) is 2. The molecule has 0 saturated carbocycles. The van der Waals surface area contributed by atoms with Crippen molar-refractivity contribution in [2.45, 2.75) is 77.3 Å². The van der Waals surface area contributed by atoms with E-state index in [0.717, 1.165) is 51.4 Å². The van der Waals surface area contributed by atoms with Gasteiger partial charge in [0, 0.05) is 45.2 Å². The summed E-state index contributed by atoms with van der Waals surface area (Å²) in [6.45, 7) is 4.58. The second kappa shape index (κ2) is 11.6. The van der Waals surface area contributed by atoms with Gasteiger partial charge in [0.2, 0.25) is 0 Å². The molecule has 0 fully saturated rings. The average molecular weight is 616 g/mol. The lowest BCUT2D eigenvalue weighted by Gasteiger charge is -2.37. The quantitative estimate of drug-likeness (QED) is 0.366. The maximum absolute atomic E-state index is 3.81. The number of benzene rings is 1. The molecule has 1 aromatic carbocycles. The van der Waals surface area contributed by atoms with Gasteiger partial charge in [0.25, 0.3) is 0 Å². The smallest absolute Gasteiger partial charge is 0.0577 e. The predicted molar refractivity (Wildman–Crippen MR) is 196 cm³/mol. The molecule has 0 radical (unpaired) electrons. The van der Waals surface area contributed by atoms with Crippen molar-refractivity contribution in [3.05, 3.63) is 152 Å². The molecule has 47 heavy (non-hydrogen) atoms. The van der Waals surface area contributed by atoms with Crippen molar-refractivity contribution in [2.75, 3.05) is 0 Å². The highest BCUT2D eigenvalue weighted by molar-refractivity contribution is 5.69. The van der Waals surface area contributed by atoms with E-state index in [2.05, 4.69) is 138 Å². The number of nitrogens with one attached hydrogen (secondary N) is 1. The van der Waals surface area contributed by atoms with Gasteiger partial charge in [-0.3, -0.25) is 0 Å². The molecule has 4 unspecified atom stereocenters. The summed E-state index contributed by atoms with van der Waals surface area (Å²) in [5.41, 5.74) is 14.5. The maximum atomic E-state index is 3.81. The van der Waals surface area contributed by atoms with E-state index >= 15 is 0 Å². The Morgan fingerprint density at radius 1 is 0.830 bits per heavy atom. The van der Waals surface area contributed by atoms with Crippen LogP contribution in [0.3, 0.4) is 0 Å². The molecule has 0 amide bonds. The first-order valence-electron chi connectivity index (χ1n) is 17.9. The third-order valence-corrected chi connectivity index (χ3v) is 11.4. The summed E-state index contributed by atoms with van der Waals surface area (Å²) in [5, 5.41) is 6.59. The standard InChI is InChI=1S/C44H45N3/c1-29-12-18-34(19-13-29)46(35-20-14-30(2)15-21-35)36-22-23-38-40-27-32(17-25-43(40)47(44(38)28-36)33-8-4-3-5-9-33)31-16-24-42-39(26-31)37-10-6-7-11-41(37)45-42/h3-12,14,18-20,23,26-29,36-37,41,45H,13,15-17,21-22,24-25H2,1-2H3. The fourth-order valence-corrected chi connectivity index (χ4v) is 8.86. The number of fused-ring (bicyclic) bond motifs is 5. The van der Waals surface area contributed by atoms with Gasteiger partial charge in [0.1, 0.15) is 0 Å². The van der Waals surface area contributed by atoms with Crippen LogP contribution in [-0.2, 0) is 6.42 Å². The minimum Gasteiger partial charge on any atom is -0.381 e. The fourth-order valence-electron chi connectivity index (χ4n) is 8.86. The Labute approximate surface area is 279 Å². The van der Waals surface area contributed by atoms with Crippen LogP contribution in [0, 0.1) is 11.8 Å². The first-order chi connectivity index (χ1) is 23.1. The van der Waals surface area contributed by atoms with Crippen molar-refractivity contribution >= 4 is 18.2 Å². The van der Waals surface area contributed by atoms with Crippen molar-refractivity contribution in [3.8, 4) is 5.69 Å². The van der Waals surface area contributed by atoms with Crippen LogP contribution < -0.4 is 15.9 Å². The predicted octanol–water partition coefficient (Wildman–Crippen LogP) is 8.23. The summed E-state index contributed by atoms with van der Waals surface area (Å²) in [6.07, 6.45) is 40.1. The van der Waals surface area contributed by atoms with Crippen molar-refractivity contribution < 1.29 is 0 Å². The Hall–Kier alpha value is -4.50. The molecule has 0 bridgehead atoms. The lowest BCUT2D eigenvalue weighted by molar-refractivity contribution is 0.371. The van der Waals surface area contributed by atoms with Crippen LogP contribution in [0.25, 0.3) is 23.9 Å². The zero-order chi connectivity index (χ0) is 31.5. The van der Waals surface area contributed by atoms with E-state index < -0.39 is 0 Å². The molecular formula is C44H45N3. The molecule has 3 nitrogen and oxygen atoms in total. The fraction of sp³-hybridized carbons (Fsp3) is 0.318. The van der Waals surface area contributed by atoms with E-state index in [1.807, 2.05) is 0 Å². The number of nitrogens with zero attached hydrogens (tertiary/aromatic N) is 2. The molecule has 1 aliphatic heterocycles. The number of rotatable bonds is 5.